The van der Waals surface area contributed by atoms with Gasteiger partial charge in [-0.3, -0.25) is 14.4 Å². The summed E-state index contributed by atoms with van der Waals surface area (Å²) in [6, 6.07) is 15.5. The van der Waals surface area contributed by atoms with Gasteiger partial charge in [0.25, 0.3) is 0 Å². The van der Waals surface area contributed by atoms with Gasteiger partial charge in [-0.1, -0.05) is 88.4 Å². The molecule has 0 saturated carbocycles. The van der Waals surface area contributed by atoms with Crippen molar-refractivity contribution in [1.82, 2.24) is 20.9 Å². The quantitative estimate of drug-likeness (QED) is 0.322. The number of ketones is 1. The van der Waals surface area contributed by atoms with E-state index >= 15 is 0 Å². The Morgan fingerprint density at radius 1 is 0.767 bits per heavy atom. The Morgan fingerprint density at radius 2 is 1.23 bits per heavy atom. The van der Waals surface area contributed by atoms with Crippen LogP contribution in [0.3, 0.4) is 0 Å². The van der Waals surface area contributed by atoms with Crippen molar-refractivity contribution < 1.29 is 33.4 Å². The Balaban J connectivity index is 1.57. The first kappa shape index (κ1) is 33.1. The van der Waals surface area contributed by atoms with E-state index in [0.29, 0.717) is 12.8 Å². The van der Waals surface area contributed by atoms with Gasteiger partial charge in [0.1, 0.15) is 31.3 Å². The SMILES string of the molecule is CC(C)C[C@@H](NC(=O)OCc1ccccc1)C(=O)N[C@@H]1CN(C(=O)[C@@H](CC(C)C)NC(=O)OCc2ccccc2)CC1=O. The third kappa shape index (κ3) is 11.1. The van der Waals surface area contributed by atoms with Gasteiger partial charge >= 0.3 is 12.2 Å². The molecule has 0 aliphatic carbocycles. The number of carbonyl (C=O) groups is 5. The summed E-state index contributed by atoms with van der Waals surface area (Å²) in [7, 11) is 0. The highest BCUT2D eigenvalue weighted by Crippen LogP contribution is 2.15. The Kier molecular flexibility index (Phi) is 12.5. The predicted molar refractivity (Wildman–Crippen MR) is 160 cm³/mol. The molecule has 43 heavy (non-hydrogen) atoms. The summed E-state index contributed by atoms with van der Waals surface area (Å²) in [6.07, 6.45) is -0.825. The van der Waals surface area contributed by atoms with Gasteiger partial charge in [-0.15, -0.1) is 0 Å². The number of alkyl carbamates (subject to hydrolysis) is 2. The van der Waals surface area contributed by atoms with Crippen molar-refractivity contribution in [2.45, 2.75) is 71.9 Å². The van der Waals surface area contributed by atoms with Crippen molar-refractivity contribution in [1.29, 1.82) is 0 Å². The number of Topliss-reactive ketones (excluding diaryl/α,β-unsaturated/α-hetero) is 1. The van der Waals surface area contributed by atoms with Crippen LogP contribution < -0.4 is 16.0 Å². The first-order valence-electron chi connectivity index (χ1n) is 14.6. The number of hydrogen-bond donors (Lipinski definition) is 3. The van der Waals surface area contributed by atoms with Gasteiger partial charge in [-0.2, -0.15) is 0 Å². The zero-order chi connectivity index (χ0) is 31.4. The summed E-state index contributed by atoms with van der Waals surface area (Å²) >= 11 is 0. The van der Waals surface area contributed by atoms with Gasteiger partial charge in [-0.25, -0.2) is 9.59 Å². The van der Waals surface area contributed by atoms with E-state index in [1.165, 1.54) is 4.90 Å². The molecule has 3 N–H and O–H groups in total. The highest BCUT2D eigenvalue weighted by Gasteiger charge is 2.39. The van der Waals surface area contributed by atoms with E-state index in [9.17, 15) is 24.0 Å². The van der Waals surface area contributed by atoms with E-state index in [2.05, 4.69) is 16.0 Å². The fourth-order valence-corrected chi connectivity index (χ4v) is 4.68. The summed E-state index contributed by atoms with van der Waals surface area (Å²) in [5.74, 6) is -1.18. The molecule has 0 aromatic heterocycles. The molecule has 1 saturated heterocycles. The fraction of sp³-hybridized carbons (Fsp3) is 0.469. The van der Waals surface area contributed by atoms with Gasteiger partial charge in [0, 0.05) is 6.54 Å². The number of carbonyl (C=O) groups excluding carboxylic acids is 5. The Morgan fingerprint density at radius 3 is 1.72 bits per heavy atom. The van der Waals surface area contributed by atoms with Crippen LogP contribution in [0.4, 0.5) is 9.59 Å². The zero-order valence-corrected chi connectivity index (χ0v) is 25.2. The third-order valence-electron chi connectivity index (χ3n) is 6.80. The van der Waals surface area contributed by atoms with Crippen molar-refractivity contribution >= 4 is 29.8 Å². The predicted octanol–water partition coefficient (Wildman–Crippen LogP) is 3.56. The van der Waals surface area contributed by atoms with Crippen LogP contribution in [-0.4, -0.2) is 65.9 Å². The molecule has 1 aliphatic heterocycles. The van der Waals surface area contributed by atoms with E-state index in [1.807, 2.05) is 88.4 Å². The number of rotatable bonds is 13. The van der Waals surface area contributed by atoms with Crippen LogP contribution in [0.5, 0.6) is 0 Å². The van der Waals surface area contributed by atoms with Crippen LogP contribution in [-0.2, 0) is 37.1 Å². The molecular formula is C32H42N4O7. The van der Waals surface area contributed by atoms with Gasteiger partial charge in [-0.05, 0) is 35.8 Å². The molecule has 3 atom stereocenters. The first-order valence-corrected chi connectivity index (χ1v) is 14.6. The lowest BCUT2D eigenvalue weighted by atomic mass is 10.0. The van der Waals surface area contributed by atoms with E-state index in [0.717, 1.165) is 11.1 Å². The molecule has 1 heterocycles. The second-order valence-corrected chi connectivity index (χ2v) is 11.5. The topological polar surface area (TPSA) is 143 Å². The number of nitrogens with one attached hydrogen (secondary N) is 3. The number of hydrogen-bond acceptors (Lipinski definition) is 7. The first-order chi connectivity index (χ1) is 20.5. The maximum atomic E-state index is 13.4. The van der Waals surface area contributed by atoms with Gasteiger partial charge in [0.2, 0.25) is 11.8 Å². The number of benzene rings is 2. The molecular weight excluding hydrogens is 552 g/mol. The number of amides is 4. The minimum absolute atomic E-state index is 0.0479. The average molecular weight is 595 g/mol. The van der Waals surface area contributed by atoms with Crippen molar-refractivity contribution in [2.24, 2.45) is 11.8 Å². The molecule has 0 radical (unpaired) electrons. The molecule has 1 aliphatic rings. The van der Waals surface area contributed by atoms with Crippen LogP contribution in [0.1, 0.15) is 51.7 Å². The number of ether oxygens (including phenoxy) is 2. The van der Waals surface area contributed by atoms with Crippen molar-refractivity contribution in [3.63, 3.8) is 0 Å². The largest absolute Gasteiger partial charge is 0.445 e. The van der Waals surface area contributed by atoms with Crippen molar-refractivity contribution in [3.8, 4) is 0 Å². The third-order valence-corrected chi connectivity index (χ3v) is 6.80. The maximum Gasteiger partial charge on any atom is 0.408 e. The molecule has 3 rings (SSSR count). The smallest absolute Gasteiger partial charge is 0.408 e. The highest BCUT2D eigenvalue weighted by molar-refractivity contribution is 5.98. The number of likely N-dealkylation sites (tertiary alicyclic amines) is 1. The normalized spacial score (nSPS) is 16.0. The van der Waals surface area contributed by atoms with Crippen LogP contribution >= 0.6 is 0 Å². The van der Waals surface area contributed by atoms with Crippen LogP contribution in [0.25, 0.3) is 0 Å². The molecule has 0 unspecified atom stereocenters. The molecule has 2 aromatic carbocycles. The summed E-state index contributed by atoms with van der Waals surface area (Å²) in [5, 5.41) is 7.93. The molecule has 1 fully saturated rings. The van der Waals surface area contributed by atoms with Crippen molar-refractivity contribution in [2.75, 3.05) is 13.1 Å². The van der Waals surface area contributed by atoms with Gasteiger partial charge in [0.05, 0.1) is 6.54 Å². The Bertz CT molecular complexity index is 1240. The molecule has 0 spiro atoms. The molecule has 4 amide bonds. The second-order valence-electron chi connectivity index (χ2n) is 11.5. The lowest BCUT2D eigenvalue weighted by Gasteiger charge is -2.25. The molecule has 11 heteroatoms. The maximum absolute atomic E-state index is 13.4. The standard InChI is InChI=1S/C32H42N4O7/c1-21(2)15-25(34-31(40)42-19-23-11-7-5-8-12-23)29(38)33-27-17-36(18-28(27)37)30(39)26(16-22(3)4)35-32(41)43-20-24-13-9-6-10-14-24/h5-14,21-22,25-27H,15-20H2,1-4H3,(H,33,38)(H,34,40)(H,35,41)/t25-,26-,27-/m1/s1. The van der Waals surface area contributed by atoms with E-state index in [-0.39, 0.29) is 43.9 Å². The number of nitrogens with zero attached hydrogens (tertiary/aromatic N) is 1. The average Bonchev–Trinajstić information content (AvgIpc) is 3.34. The van der Waals surface area contributed by atoms with E-state index < -0.39 is 42.1 Å². The lowest BCUT2D eigenvalue weighted by molar-refractivity contribution is -0.134. The van der Waals surface area contributed by atoms with Crippen LogP contribution in [0.15, 0.2) is 60.7 Å². The molecule has 232 valence electrons. The van der Waals surface area contributed by atoms with Crippen molar-refractivity contribution in [3.05, 3.63) is 71.8 Å². The summed E-state index contributed by atoms with van der Waals surface area (Å²) in [6.45, 7) is 7.50. The van der Waals surface area contributed by atoms with E-state index in [4.69, 9.17) is 9.47 Å². The zero-order valence-electron chi connectivity index (χ0n) is 25.2. The van der Waals surface area contributed by atoms with Gasteiger partial charge < -0.3 is 30.3 Å². The lowest BCUT2D eigenvalue weighted by Crippen LogP contribution is -2.53. The van der Waals surface area contributed by atoms with Crippen LogP contribution in [0, 0.1) is 11.8 Å². The summed E-state index contributed by atoms with van der Waals surface area (Å²) in [5.41, 5.74) is 1.61. The minimum Gasteiger partial charge on any atom is -0.445 e. The Hall–Kier alpha value is -4.41. The van der Waals surface area contributed by atoms with Crippen LogP contribution in [0.2, 0.25) is 0 Å². The van der Waals surface area contributed by atoms with E-state index in [1.54, 1.807) is 0 Å². The Labute approximate surface area is 252 Å². The fourth-order valence-electron chi connectivity index (χ4n) is 4.68. The van der Waals surface area contributed by atoms with Gasteiger partial charge in [0.15, 0.2) is 5.78 Å². The summed E-state index contributed by atoms with van der Waals surface area (Å²) in [4.78, 5) is 65.7. The highest BCUT2D eigenvalue weighted by atomic mass is 16.6. The molecule has 2 aromatic rings. The molecule has 11 nitrogen and oxygen atoms in total. The second kappa shape index (κ2) is 16.3. The molecule has 0 bridgehead atoms. The minimum atomic E-state index is -0.946. The summed E-state index contributed by atoms with van der Waals surface area (Å²) < 4.78 is 10.6. The monoisotopic (exact) mass is 594 g/mol.